The van der Waals surface area contributed by atoms with Gasteiger partial charge in [-0.2, -0.15) is 0 Å². The molecule has 0 heterocycles. The Labute approximate surface area is 108 Å². The van der Waals surface area contributed by atoms with Gasteiger partial charge in [-0.25, -0.2) is 0 Å². The summed E-state index contributed by atoms with van der Waals surface area (Å²) in [5.74, 6) is 0.0187. The molecule has 0 atom stereocenters. The zero-order chi connectivity index (χ0) is 12.6. The molecule has 1 fully saturated rings. The van der Waals surface area contributed by atoms with Gasteiger partial charge in [0.2, 0.25) is 5.91 Å². The summed E-state index contributed by atoms with van der Waals surface area (Å²) < 4.78 is 0. The van der Waals surface area contributed by atoms with Gasteiger partial charge in [0.25, 0.3) is 0 Å². The van der Waals surface area contributed by atoms with E-state index in [1.54, 1.807) is 6.08 Å². The van der Waals surface area contributed by atoms with Crippen molar-refractivity contribution in [1.29, 1.82) is 0 Å². The van der Waals surface area contributed by atoms with Gasteiger partial charge in [-0.15, -0.1) is 0 Å². The summed E-state index contributed by atoms with van der Waals surface area (Å²) in [7, 11) is 0. The largest absolute Gasteiger partial charge is 0.350 e. The number of carbonyl (C=O) groups is 1. The lowest BCUT2D eigenvalue weighted by Gasteiger charge is -1.96. The predicted molar refractivity (Wildman–Crippen MR) is 74.2 cm³/mol. The van der Waals surface area contributed by atoms with Crippen LogP contribution in [0, 0.1) is 0 Å². The van der Waals surface area contributed by atoms with E-state index >= 15 is 0 Å². The molecule has 0 radical (unpaired) electrons. The lowest BCUT2D eigenvalue weighted by Crippen LogP contribution is -2.22. The van der Waals surface area contributed by atoms with Gasteiger partial charge < -0.3 is 5.32 Å². The van der Waals surface area contributed by atoms with Crippen molar-refractivity contribution in [1.82, 2.24) is 5.32 Å². The first-order valence-electron chi connectivity index (χ1n) is 6.52. The molecule has 0 spiro atoms. The van der Waals surface area contributed by atoms with Crippen LogP contribution in [0.2, 0.25) is 0 Å². The molecule has 1 amide bonds. The van der Waals surface area contributed by atoms with Gasteiger partial charge in [0.05, 0.1) is 0 Å². The minimum atomic E-state index is 0.0187. The highest BCUT2D eigenvalue weighted by Crippen LogP contribution is 2.18. The van der Waals surface area contributed by atoms with E-state index in [0.29, 0.717) is 6.04 Å². The molecular formula is C16H19NO. The molecular weight excluding hydrogens is 222 g/mol. The predicted octanol–water partition coefficient (Wildman–Crippen LogP) is 3.01. The molecule has 1 saturated carbocycles. The standard InChI is InChI=1S/C16H19NO/c18-16(17-15-12-13-15)11-7-2-1-4-8-14-9-5-3-6-10-14/h1-3,5-7,9-11,15H,4,8,12-13H2,(H,17,18)/b2-1+,11-7+. The molecule has 0 aliphatic heterocycles. The Hall–Kier alpha value is -1.83. The average Bonchev–Trinajstić information content (AvgIpc) is 3.19. The van der Waals surface area contributed by atoms with Crippen LogP contribution in [0.5, 0.6) is 0 Å². The minimum Gasteiger partial charge on any atom is -0.350 e. The molecule has 1 aromatic rings. The summed E-state index contributed by atoms with van der Waals surface area (Å²) in [6, 6.07) is 10.8. The SMILES string of the molecule is O=C(/C=C/C=C/CCc1ccccc1)NC1CC1. The number of rotatable bonds is 6. The second-order valence-electron chi connectivity index (χ2n) is 4.59. The van der Waals surface area contributed by atoms with E-state index < -0.39 is 0 Å². The van der Waals surface area contributed by atoms with Crippen LogP contribution in [0.4, 0.5) is 0 Å². The summed E-state index contributed by atoms with van der Waals surface area (Å²) in [5, 5.41) is 2.91. The fourth-order valence-corrected chi connectivity index (χ4v) is 1.69. The molecule has 18 heavy (non-hydrogen) atoms. The smallest absolute Gasteiger partial charge is 0.244 e. The third-order valence-corrected chi connectivity index (χ3v) is 2.86. The normalized spacial score (nSPS) is 15.3. The van der Waals surface area contributed by atoms with Crippen molar-refractivity contribution in [3.8, 4) is 0 Å². The van der Waals surface area contributed by atoms with Gasteiger partial charge in [-0.1, -0.05) is 48.6 Å². The number of carbonyl (C=O) groups excluding carboxylic acids is 1. The van der Waals surface area contributed by atoms with Gasteiger partial charge in [0.15, 0.2) is 0 Å². The molecule has 0 saturated heterocycles. The number of amides is 1. The summed E-state index contributed by atoms with van der Waals surface area (Å²) in [5.41, 5.74) is 1.35. The van der Waals surface area contributed by atoms with Crippen LogP contribution < -0.4 is 5.32 Å². The van der Waals surface area contributed by atoms with Crippen molar-refractivity contribution in [3.05, 3.63) is 60.2 Å². The number of benzene rings is 1. The second kappa shape index (κ2) is 6.80. The zero-order valence-electron chi connectivity index (χ0n) is 10.5. The molecule has 1 aliphatic rings. The summed E-state index contributed by atoms with van der Waals surface area (Å²) in [6.45, 7) is 0. The Morgan fingerprint density at radius 3 is 2.72 bits per heavy atom. The third kappa shape index (κ3) is 5.00. The van der Waals surface area contributed by atoms with E-state index in [0.717, 1.165) is 25.7 Å². The fraction of sp³-hybridized carbons (Fsp3) is 0.312. The van der Waals surface area contributed by atoms with Crippen molar-refractivity contribution >= 4 is 5.91 Å². The van der Waals surface area contributed by atoms with Gasteiger partial charge >= 0.3 is 0 Å². The molecule has 0 bridgehead atoms. The molecule has 1 aliphatic carbocycles. The Balaban J connectivity index is 1.62. The van der Waals surface area contributed by atoms with E-state index in [-0.39, 0.29) is 5.91 Å². The van der Waals surface area contributed by atoms with Crippen LogP contribution in [0.3, 0.4) is 0 Å². The first kappa shape index (κ1) is 12.6. The van der Waals surface area contributed by atoms with Crippen LogP contribution in [0.15, 0.2) is 54.6 Å². The lowest BCUT2D eigenvalue weighted by atomic mass is 10.1. The van der Waals surface area contributed by atoms with Crippen LogP contribution in [0.25, 0.3) is 0 Å². The van der Waals surface area contributed by atoms with Crippen LogP contribution in [-0.4, -0.2) is 11.9 Å². The molecule has 2 rings (SSSR count). The highest BCUT2D eigenvalue weighted by Gasteiger charge is 2.21. The van der Waals surface area contributed by atoms with Gasteiger partial charge in [0, 0.05) is 12.1 Å². The van der Waals surface area contributed by atoms with Crippen molar-refractivity contribution in [2.24, 2.45) is 0 Å². The van der Waals surface area contributed by atoms with Gasteiger partial charge in [-0.05, 0) is 31.2 Å². The molecule has 1 N–H and O–H groups in total. The number of hydrogen-bond acceptors (Lipinski definition) is 1. The van der Waals surface area contributed by atoms with E-state index in [2.05, 4.69) is 35.7 Å². The molecule has 0 unspecified atom stereocenters. The van der Waals surface area contributed by atoms with Crippen LogP contribution in [0.1, 0.15) is 24.8 Å². The molecule has 94 valence electrons. The molecule has 2 nitrogen and oxygen atoms in total. The third-order valence-electron chi connectivity index (χ3n) is 2.86. The maximum Gasteiger partial charge on any atom is 0.244 e. The second-order valence-corrected chi connectivity index (χ2v) is 4.59. The maximum absolute atomic E-state index is 11.3. The van der Waals surface area contributed by atoms with Crippen molar-refractivity contribution in [2.75, 3.05) is 0 Å². The highest BCUT2D eigenvalue weighted by molar-refractivity contribution is 5.88. The quantitative estimate of drug-likeness (QED) is 0.602. The topological polar surface area (TPSA) is 29.1 Å². The fourth-order valence-electron chi connectivity index (χ4n) is 1.69. The summed E-state index contributed by atoms with van der Waals surface area (Å²) in [6.07, 6.45) is 11.7. The lowest BCUT2D eigenvalue weighted by molar-refractivity contribution is -0.116. The Kier molecular flexibility index (Phi) is 4.77. The average molecular weight is 241 g/mol. The van der Waals surface area contributed by atoms with Gasteiger partial charge in [-0.3, -0.25) is 4.79 Å². The number of nitrogens with one attached hydrogen (secondary N) is 1. The Morgan fingerprint density at radius 1 is 1.22 bits per heavy atom. The van der Waals surface area contributed by atoms with Crippen molar-refractivity contribution in [2.45, 2.75) is 31.7 Å². The van der Waals surface area contributed by atoms with Crippen LogP contribution >= 0.6 is 0 Å². The summed E-state index contributed by atoms with van der Waals surface area (Å²) in [4.78, 5) is 11.3. The number of hydrogen-bond donors (Lipinski definition) is 1. The number of aryl methyl sites for hydroxylation is 1. The van der Waals surface area contributed by atoms with Gasteiger partial charge in [0.1, 0.15) is 0 Å². The highest BCUT2D eigenvalue weighted by atomic mass is 16.1. The Morgan fingerprint density at radius 2 is 2.00 bits per heavy atom. The Bertz CT molecular complexity index is 430. The van der Waals surface area contributed by atoms with E-state index in [1.807, 2.05) is 18.2 Å². The zero-order valence-corrected chi connectivity index (χ0v) is 10.5. The first-order chi connectivity index (χ1) is 8.84. The minimum absolute atomic E-state index is 0.0187. The van der Waals surface area contributed by atoms with Crippen molar-refractivity contribution < 1.29 is 4.79 Å². The molecule has 0 aromatic heterocycles. The summed E-state index contributed by atoms with van der Waals surface area (Å²) >= 11 is 0. The molecule has 1 aromatic carbocycles. The number of allylic oxidation sites excluding steroid dienone is 3. The molecule has 2 heteroatoms. The van der Waals surface area contributed by atoms with Crippen LogP contribution in [-0.2, 0) is 11.2 Å². The van der Waals surface area contributed by atoms with E-state index in [1.165, 1.54) is 5.56 Å². The first-order valence-corrected chi connectivity index (χ1v) is 6.52. The van der Waals surface area contributed by atoms with E-state index in [9.17, 15) is 4.79 Å². The maximum atomic E-state index is 11.3. The van der Waals surface area contributed by atoms with E-state index in [4.69, 9.17) is 0 Å². The monoisotopic (exact) mass is 241 g/mol. The van der Waals surface area contributed by atoms with Crippen molar-refractivity contribution in [3.63, 3.8) is 0 Å².